The first-order valence-electron chi connectivity index (χ1n) is 10.2. The Balaban J connectivity index is 2.02. The maximum atomic E-state index is 12.6. The van der Waals surface area contributed by atoms with Gasteiger partial charge in [-0.1, -0.05) is 37.1 Å². The number of phosphoric ester groups is 1. The average Bonchev–Trinajstić information content (AvgIpc) is 3.01. The lowest BCUT2D eigenvalue weighted by molar-refractivity contribution is -0.215. The summed E-state index contributed by atoms with van der Waals surface area (Å²) in [4.78, 5) is 24.0. The van der Waals surface area contributed by atoms with Crippen LogP contribution in [0.2, 0.25) is 0 Å². The maximum absolute atomic E-state index is 12.6. The molecule has 0 saturated carbocycles. The van der Waals surface area contributed by atoms with Crippen molar-refractivity contribution in [2.45, 2.75) is 58.5 Å². The zero-order chi connectivity index (χ0) is 22.1. The second kappa shape index (κ2) is 9.06. The minimum absolute atomic E-state index is 0.0454. The first-order valence-corrected chi connectivity index (χ1v) is 11.6. The quantitative estimate of drug-likeness (QED) is 0.310. The zero-order valence-corrected chi connectivity index (χ0v) is 18.4. The zero-order valence-electron chi connectivity index (χ0n) is 17.6. The molecule has 7 nitrogen and oxygen atoms in total. The fourth-order valence-electron chi connectivity index (χ4n) is 4.09. The molecular weight excluding hydrogens is 407 g/mol. The maximum Gasteiger partial charge on any atom is 0.343 e. The van der Waals surface area contributed by atoms with Crippen LogP contribution in [0.5, 0.6) is 11.5 Å². The van der Waals surface area contributed by atoms with E-state index in [4.69, 9.17) is 4.74 Å². The summed E-state index contributed by atoms with van der Waals surface area (Å²) in [7, 11) is -4.48. The Morgan fingerprint density at radius 3 is 2.77 bits per heavy atom. The predicted molar refractivity (Wildman–Crippen MR) is 110 cm³/mol. The van der Waals surface area contributed by atoms with E-state index in [1.54, 1.807) is 12.1 Å². The van der Waals surface area contributed by atoms with Crippen molar-refractivity contribution in [3.05, 3.63) is 47.1 Å². The van der Waals surface area contributed by atoms with Crippen molar-refractivity contribution in [1.82, 2.24) is 0 Å². The van der Waals surface area contributed by atoms with Gasteiger partial charge in [0.25, 0.3) is 7.82 Å². The van der Waals surface area contributed by atoms with Crippen molar-refractivity contribution >= 4 is 13.8 Å². The fraction of sp³-hybridized carbons (Fsp3) is 0.500. The number of carbonyl (C=O) groups is 1. The molecular formula is C22H28O7P-. The molecule has 3 rings (SSSR count). The highest BCUT2D eigenvalue weighted by Gasteiger charge is 2.36. The third-order valence-corrected chi connectivity index (χ3v) is 6.52. The van der Waals surface area contributed by atoms with E-state index in [1.165, 1.54) is 5.57 Å². The van der Waals surface area contributed by atoms with Gasteiger partial charge in [-0.15, -0.1) is 0 Å². The van der Waals surface area contributed by atoms with Gasteiger partial charge in [0.2, 0.25) is 0 Å². The van der Waals surface area contributed by atoms with E-state index in [0.29, 0.717) is 12.0 Å². The summed E-state index contributed by atoms with van der Waals surface area (Å²) in [5.74, 6) is -0.741. The summed E-state index contributed by atoms with van der Waals surface area (Å²) in [6, 6.07) is 3.43. The number of aromatic hydroxyl groups is 1. The number of rotatable bonds is 6. The minimum Gasteiger partial charge on any atom is -0.756 e. The van der Waals surface area contributed by atoms with E-state index < -0.39 is 26.5 Å². The van der Waals surface area contributed by atoms with Crippen LogP contribution in [0.15, 0.2) is 35.9 Å². The van der Waals surface area contributed by atoms with Crippen molar-refractivity contribution in [3.63, 3.8) is 0 Å². The highest BCUT2D eigenvalue weighted by Crippen LogP contribution is 2.48. The fourth-order valence-corrected chi connectivity index (χ4v) is 4.92. The molecule has 1 aliphatic heterocycles. The Kier molecular flexibility index (Phi) is 6.88. The van der Waals surface area contributed by atoms with Crippen LogP contribution in [-0.2, 0) is 24.8 Å². The summed E-state index contributed by atoms with van der Waals surface area (Å²) in [5.41, 5.74) is 3.49. The smallest absolute Gasteiger partial charge is 0.343 e. The van der Waals surface area contributed by atoms with E-state index in [1.807, 2.05) is 20.8 Å². The summed E-state index contributed by atoms with van der Waals surface area (Å²) in [6.07, 6.45) is 4.08. The van der Waals surface area contributed by atoms with Gasteiger partial charge in [0.1, 0.15) is 11.5 Å². The second-order valence-corrected chi connectivity index (χ2v) is 9.43. The van der Waals surface area contributed by atoms with E-state index in [0.717, 1.165) is 30.4 Å². The first-order chi connectivity index (χ1) is 14.1. The number of hydrogen-bond acceptors (Lipinski definition) is 7. The number of phenols is 1. The van der Waals surface area contributed by atoms with E-state index in [2.05, 4.69) is 21.7 Å². The molecule has 1 aromatic rings. The number of phosphoric acid groups is 1. The van der Waals surface area contributed by atoms with Crippen molar-refractivity contribution in [3.8, 4) is 11.5 Å². The Morgan fingerprint density at radius 2 is 2.17 bits per heavy atom. The lowest BCUT2D eigenvalue weighted by Crippen LogP contribution is -2.28. The van der Waals surface area contributed by atoms with Crippen LogP contribution in [0.3, 0.4) is 0 Å². The third kappa shape index (κ3) is 5.03. The van der Waals surface area contributed by atoms with Gasteiger partial charge in [-0.25, -0.2) is 4.79 Å². The number of esters is 1. The summed E-state index contributed by atoms with van der Waals surface area (Å²) >= 11 is 0. The van der Waals surface area contributed by atoms with Gasteiger partial charge >= 0.3 is 5.97 Å². The van der Waals surface area contributed by atoms with Gasteiger partial charge in [-0.2, -0.15) is 0 Å². The normalized spacial score (nSPS) is 28.8. The molecule has 1 N–H and O–H groups in total. The Morgan fingerprint density at radius 1 is 1.43 bits per heavy atom. The van der Waals surface area contributed by atoms with Crippen molar-refractivity contribution in [2.24, 2.45) is 5.92 Å². The molecule has 1 aromatic carbocycles. The molecule has 0 aromatic heterocycles. The molecule has 0 amide bonds. The average molecular weight is 435 g/mol. The minimum atomic E-state index is -4.48. The largest absolute Gasteiger partial charge is 0.756 e. The lowest BCUT2D eigenvalue weighted by Gasteiger charge is -2.32. The second-order valence-electron chi connectivity index (χ2n) is 8.07. The van der Waals surface area contributed by atoms with Gasteiger partial charge in [0, 0.05) is 11.5 Å². The Bertz CT molecular complexity index is 920. The van der Waals surface area contributed by atoms with Gasteiger partial charge < -0.3 is 23.8 Å². The van der Waals surface area contributed by atoms with Crippen molar-refractivity contribution in [2.75, 3.05) is 6.61 Å². The molecule has 2 unspecified atom stereocenters. The van der Waals surface area contributed by atoms with Gasteiger partial charge in [-0.3, -0.25) is 4.57 Å². The number of aryl methyl sites for hydroxylation is 1. The van der Waals surface area contributed by atoms with Crippen LogP contribution < -0.4 is 9.63 Å². The molecule has 1 aliphatic carbocycles. The third-order valence-electron chi connectivity index (χ3n) is 5.55. The number of carbonyl (C=O) groups excluding carboxylic acids is 1. The predicted octanol–water partition coefficient (Wildman–Crippen LogP) is 4.15. The van der Waals surface area contributed by atoms with Crippen LogP contribution in [0.4, 0.5) is 0 Å². The standard InChI is InChI=1S/C22H29O7P/c1-5-6-15-10-18(23)21(17-9-14(4)7-8-16(17)13(2)3)19(11-15)28-22(24)20-12-27-30(25,26)29-20/h9-11,16-17,20,23H,2,5-8,12H2,1,3-4H3,(H,25,26)/p-1/t16-,17+,20?/m0/s1. The molecule has 2 aliphatic rings. The molecule has 1 fully saturated rings. The van der Waals surface area contributed by atoms with Crippen molar-refractivity contribution in [1.29, 1.82) is 0 Å². The van der Waals surface area contributed by atoms with E-state index in [9.17, 15) is 19.4 Å². The summed E-state index contributed by atoms with van der Waals surface area (Å²) in [5, 5.41) is 10.9. The number of benzene rings is 1. The SMILES string of the molecule is C=C(C)[C@@H]1CCC(C)=C[C@H]1c1c(O)cc(CCC)cc1OC(=O)C1COP(=O)([O-])O1. The van der Waals surface area contributed by atoms with Crippen LogP contribution in [0.1, 0.15) is 57.1 Å². The first kappa shape index (κ1) is 22.8. The molecule has 0 bridgehead atoms. The molecule has 1 heterocycles. The van der Waals surface area contributed by atoms with Gasteiger partial charge in [0.05, 0.1) is 6.61 Å². The van der Waals surface area contributed by atoms with E-state index >= 15 is 0 Å². The molecule has 0 spiro atoms. The Hall–Kier alpha value is -1.92. The molecule has 8 heteroatoms. The number of allylic oxidation sites excluding steroid dienone is 3. The summed E-state index contributed by atoms with van der Waals surface area (Å²) < 4.78 is 26.1. The Labute approximate surface area is 177 Å². The molecule has 164 valence electrons. The molecule has 0 radical (unpaired) electrons. The summed E-state index contributed by atoms with van der Waals surface area (Å²) in [6.45, 7) is 9.68. The highest BCUT2D eigenvalue weighted by molar-refractivity contribution is 7.46. The number of phenolic OH excluding ortho intramolecular Hbond substituents is 1. The number of ether oxygens (including phenoxy) is 1. The number of hydrogen-bond donors (Lipinski definition) is 1. The van der Waals surface area contributed by atoms with Crippen LogP contribution in [0.25, 0.3) is 0 Å². The van der Waals surface area contributed by atoms with Crippen LogP contribution in [-0.4, -0.2) is 23.8 Å². The highest BCUT2D eigenvalue weighted by atomic mass is 31.2. The van der Waals surface area contributed by atoms with Gasteiger partial charge in [-0.05, 0) is 56.7 Å². The molecule has 30 heavy (non-hydrogen) atoms. The van der Waals surface area contributed by atoms with Crippen molar-refractivity contribution < 1.29 is 33.1 Å². The van der Waals surface area contributed by atoms with Crippen LogP contribution >= 0.6 is 7.82 Å². The van der Waals surface area contributed by atoms with Crippen LogP contribution in [0, 0.1) is 5.92 Å². The monoisotopic (exact) mass is 435 g/mol. The van der Waals surface area contributed by atoms with E-state index in [-0.39, 0.29) is 23.3 Å². The van der Waals surface area contributed by atoms with Gasteiger partial charge in [0.15, 0.2) is 6.10 Å². The molecule has 4 atom stereocenters. The lowest BCUT2D eigenvalue weighted by atomic mass is 9.73. The molecule has 1 saturated heterocycles. The topological polar surface area (TPSA) is 105 Å².